The van der Waals surface area contributed by atoms with Crippen molar-refractivity contribution in [1.82, 2.24) is 9.78 Å². The molecule has 0 unspecified atom stereocenters. The number of carbonyl (C=O) groups excluding carboxylic acids is 1. The molecule has 1 aromatic heterocycles. The van der Waals surface area contributed by atoms with Gasteiger partial charge in [0.05, 0.1) is 16.9 Å². The van der Waals surface area contributed by atoms with E-state index in [0.29, 0.717) is 11.6 Å². The second-order valence-corrected chi connectivity index (χ2v) is 5.42. The van der Waals surface area contributed by atoms with Crippen molar-refractivity contribution in [2.75, 3.05) is 5.32 Å². The predicted octanol–water partition coefficient (Wildman–Crippen LogP) is 3.56. The minimum absolute atomic E-state index is 0.105. The van der Waals surface area contributed by atoms with E-state index in [9.17, 15) is 9.32 Å². The summed E-state index contributed by atoms with van der Waals surface area (Å²) in [4.78, 5) is 14.9. The van der Waals surface area contributed by atoms with Gasteiger partial charge in [0, 0.05) is 22.1 Å². The van der Waals surface area contributed by atoms with E-state index in [0.717, 1.165) is 29.9 Å². The van der Waals surface area contributed by atoms with Crippen molar-refractivity contribution in [3.8, 4) is 5.69 Å². The summed E-state index contributed by atoms with van der Waals surface area (Å²) in [7, 11) is 0. The smallest absolute Gasteiger partial charge is 0.359 e. The number of aromatic nitrogens is 2. The lowest BCUT2D eigenvalue weighted by atomic mass is 10.1. The van der Waals surface area contributed by atoms with E-state index in [1.54, 1.807) is 24.4 Å². The molecule has 0 atom stereocenters. The van der Waals surface area contributed by atoms with Gasteiger partial charge in [0.25, 0.3) is 0 Å². The molecule has 1 N–H and O–H groups in total. The van der Waals surface area contributed by atoms with Crippen LogP contribution in [0.25, 0.3) is 5.69 Å². The zero-order valence-corrected chi connectivity index (χ0v) is 12.2. The lowest BCUT2D eigenvalue weighted by Crippen LogP contribution is -2.09. The van der Waals surface area contributed by atoms with E-state index in [1.807, 2.05) is 6.92 Å². The van der Waals surface area contributed by atoms with Crippen LogP contribution in [0.2, 0.25) is 0 Å². The Morgan fingerprint density at radius 2 is 2.23 bits per heavy atom. The average molecular weight is 301 g/mol. The molecule has 1 aliphatic carbocycles. The van der Waals surface area contributed by atoms with Gasteiger partial charge in [-0.25, -0.2) is 14.4 Å². The Bertz CT molecular complexity index is 735. The van der Waals surface area contributed by atoms with Crippen LogP contribution in [0.15, 0.2) is 42.7 Å². The van der Waals surface area contributed by atoms with E-state index in [4.69, 9.17) is 0 Å². The number of anilines is 1. The molecule has 0 saturated heterocycles. The molecule has 1 aromatic carbocycles. The van der Waals surface area contributed by atoms with Crippen LogP contribution >= 0.6 is 0 Å². The van der Waals surface area contributed by atoms with Gasteiger partial charge in [-0.15, -0.1) is 0 Å². The van der Waals surface area contributed by atoms with E-state index in [1.165, 1.54) is 10.7 Å². The van der Waals surface area contributed by atoms with Gasteiger partial charge in [-0.3, -0.25) is 0 Å². The highest BCUT2D eigenvalue weighted by atomic mass is 19.3. The van der Waals surface area contributed by atoms with E-state index in [-0.39, 0.29) is 5.56 Å². The van der Waals surface area contributed by atoms with Crippen LogP contribution in [0.1, 0.15) is 28.9 Å². The van der Waals surface area contributed by atoms with Crippen molar-refractivity contribution in [3.05, 3.63) is 54.0 Å². The maximum absolute atomic E-state index is 12.3. The zero-order valence-electron chi connectivity index (χ0n) is 12.2. The highest BCUT2D eigenvalue weighted by molar-refractivity contribution is 5.93. The van der Waals surface area contributed by atoms with E-state index >= 15 is 0 Å². The summed E-state index contributed by atoms with van der Waals surface area (Å²) in [5, 5.41) is 7.49. The first kappa shape index (κ1) is 14.3. The van der Waals surface area contributed by atoms with Crippen LogP contribution in [-0.4, -0.2) is 15.7 Å². The normalized spacial score (nSPS) is 13.7. The van der Waals surface area contributed by atoms with Gasteiger partial charge in [0.2, 0.25) is 0 Å². The van der Waals surface area contributed by atoms with Crippen LogP contribution in [0, 0.1) is 12.8 Å². The SMILES string of the molecule is C=C(Nc1ccc(C(=O)OF)c(-n2ccc(C)n2)c1)C1CC1. The van der Waals surface area contributed by atoms with Crippen LogP contribution in [0.4, 0.5) is 10.2 Å². The molecule has 5 nitrogen and oxygen atoms in total. The predicted molar refractivity (Wildman–Crippen MR) is 80.3 cm³/mol. The monoisotopic (exact) mass is 301 g/mol. The summed E-state index contributed by atoms with van der Waals surface area (Å²) in [5.74, 6) is -0.540. The standard InChI is InChI=1S/C16H16FN3O2/c1-10-7-8-20(19-10)15-9-13(18-11(2)12-3-4-12)5-6-14(15)16(21)22-17/h5-9,12,18H,2-4H2,1H3. The van der Waals surface area contributed by atoms with Crippen LogP contribution in [0.5, 0.6) is 0 Å². The molecule has 0 amide bonds. The first-order valence-electron chi connectivity index (χ1n) is 7.04. The number of nitrogens with one attached hydrogen (secondary N) is 1. The largest absolute Gasteiger partial charge is 0.381 e. The summed E-state index contributed by atoms with van der Waals surface area (Å²) in [6.45, 7) is 5.84. The maximum atomic E-state index is 12.3. The minimum Gasteiger partial charge on any atom is -0.359 e. The van der Waals surface area contributed by atoms with Crippen LogP contribution < -0.4 is 5.32 Å². The van der Waals surface area contributed by atoms with Gasteiger partial charge in [-0.05, 0) is 49.9 Å². The molecule has 1 saturated carbocycles. The summed E-state index contributed by atoms with van der Waals surface area (Å²) >= 11 is 0. The second kappa shape index (κ2) is 5.63. The Labute approximate surface area is 127 Å². The fourth-order valence-electron chi connectivity index (χ4n) is 2.28. The van der Waals surface area contributed by atoms with Gasteiger partial charge in [-0.1, -0.05) is 6.58 Å². The highest BCUT2D eigenvalue weighted by Gasteiger charge is 2.25. The molecule has 1 aliphatic rings. The van der Waals surface area contributed by atoms with Crippen molar-refractivity contribution in [2.45, 2.75) is 19.8 Å². The Hall–Kier alpha value is -2.63. The summed E-state index contributed by atoms with van der Waals surface area (Å²) < 4.78 is 13.8. The molecular weight excluding hydrogens is 285 g/mol. The summed E-state index contributed by atoms with van der Waals surface area (Å²) in [6.07, 6.45) is 3.99. The quantitative estimate of drug-likeness (QED) is 0.917. The van der Waals surface area contributed by atoms with Gasteiger partial charge < -0.3 is 5.32 Å². The van der Waals surface area contributed by atoms with Gasteiger partial charge >= 0.3 is 5.97 Å². The van der Waals surface area contributed by atoms with Crippen LogP contribution in [0.3, 0.4) is 0 Å². The lowest BCUT2D eigenvalue weighted by molar-refractivity contribution is -0.0787. The Morgan fingerprint density at radius 3 is 2.82 bits per heavy atom. The molecule has 3 rings (SSSR count). The van der Waals surface area contributed by atoms with Crippen molar-refractivity contribution in [1.29, 1.82) is 0 Å². The molecule has 6 heteroatoms. The first-order valence-corrected chi connectivity index (χ1v) is 7.04. The maximum Gasteiger partial charge on any atom is 0.381 e. The second-order valence-electron chi connectivity index (χ2n) is 5.42. The molecule has 1 heterocycles. The zero-order chi connectivity index (χ0) is 15.7. The molecular formula is C16H16FN3O2. The fraction of sp³-hybridized carbons (Fsp3) is 0.250. The molecule has 2 aromatic rings. The van der Waals surface area contributed by atoms with Gasteiger partial charge in [0.15, 0.2) is 0 Å². The lowest BCUT2D eigenvalue weighted by Gasteiger charge is -2.12. The Balaban J connectivity index is 1.97. The number of aryl methyl sites for hydroxylation is 1. The molecule has 22 heavy (non-hydrogen) atoms. The fourth-order valence-corrected chi connectivity index (χ4v) is 2.28. The van der Waals surface area contributed by atoms with Crippen molar-refractivity contribution in [3.63, 3.8) is 0 Å². The number of hydrogen-bond donors (Lipinski definition) is 1. The highest BCUT2D eigenvalue weighted by Crippen LogP contribution is 2.36. The van der Waals surface area contributed by atoms with E-state index < -0.39 is 5.97 Å². The molecule has 0 aliphatic heterocycles. The third-order valence-electron chi connectivity index (χ3n) is 3.63. The topological polar surface area (TPSA) is 56.1 Å². The summed E-state index contributed by atoms with van der Waals surface area (Å²) in [5.41, 5.74) is 3.07. The first-order chi connectivity index (χ1) is 10.6. The minimum atomic E-state index is -1.05. The number of benzene rings is 1. The van der Waals surface area contributed by atoms with Crippen molar-refractivity contribution in [2.24, 2.45) is 5.92 Å². The van der Waals surface area contributed by atoms with E-state index in [2.05, 4.69) is 21.9 Å². The molecule has 0 spiro atoms. The van der Waals surface area contributed by atoms with Crippen molar-refractivity contribution >= 4 is 11.7 Å². The third kappa shape index (κ3) is 2.86. The summed E-state index contributed by atoms with van der Waals surface area (Å²) in [6, 6.07) is 6.73. The molecule has 1 fully saturated rings. The molecule has 0 bridgehead atoms. The van der Waals surface area contributed by atoms with Crippen LogP contribution in [-0.2, 0) is 4.94 Å². The number of rotatable bonds is 5. The number of carbonyl (C=O) groups is 1. The Morgan fingerprint density at radius 1 is 1.45 bits per heavy atom. The number of allylic oxidation sites excluding steroid dienone is 1. The third-order valence-corrected chi connectivity index (χ3v) is 3.63. The number of nitrogens with zero attached hydrogens (tertiary/aromatic N) is 2. The molecule has 0 radical (unpaired) electrons. The Kier molecular flexibility index (Phi) is 3.66. The van der Waals surface area contributed by atoms with Gasteiger partial charge in [-0.2, -0.15) is 5.10 Å². The van der Waals surface area contributed by atoms with Gasteiger partial charge in [0.1, 0.15) is 0 Å². The number of halogens is 1. The molecule has 114 valence electrons. The number of hydrogen-bond acceptors (Lipinski definition) is 4. The van der Waals surface area contributed by atoms with Crippen molar-refractivity contribution < 1.29 is 14.3 Å². The average Bonchev–Trinajstić information content (AvgIpc) is 3.28.